The number of H-pyrrole nitrogens is 2. The van der Waals surface area contributed by atoms with E-state index in [-0.39, 0.29) is 15.8 Å². The van der Waals surface area contributed by atoms with Crippen molar-refractivity contribution in [2.75, 3.05) is 13.2 Å². The summed E-state index contributed by atoms with van der Waals surface area (Å²) in [4.78, 5) is 37.9. The summed E-state index contributed by atoms with van der Waals surface area (Å²) >= 11 is 0. The second-order valence-electron chi connectivity index (χ2n) is 4.53. The number of aromatic nitrogens is 3. The molecular weight excluding hydrogens is 294 g/mol. The van der Waals surface area contributed by atoms with Crippen LogP contribution in [0.15, 0.2) is 14.4 Å². The van der Waals surface area contributed by atoms with E-state index in [2.05, 4.69) is 0 Å². The lowest BCUT2D eigenvalue weighted by Gasteiger charge is -2.16. The van der Waals surface area contributed by atoms with Crippen molar-refractivity contribution >= 4 is 9.52 Å². The Morgan fingerprint density at radius 2 is 1.67 bits per heavy atom. The molecule has 0 unspecified atom stereocenters. The monoisotopic (exact) mass is 317 g/mol. The van der Waals surface area contributed by atoms with Gasteiger partial charge in [0.2, 0.25) is 0 Å². The zero-order chi connectivity index (χ0) is 15.7. The molecule has 0 aliphatic heterocycles. The van der Waals surface area contributed by atoms with Gasteiger partial charge in [0.05, 0.1) is 0 Å². The second kappa shape index (κ2) is 9.48. The number of hydrogen-bond donors (Lipinski definition) is 2. The Balaban J connectivity index is 2.36. The first-order chi connectivity index (χ1) is 10.1. The minimum atomic E-state index is -0.771. The fourth-order valence-electron chi connectivity index (χ4n) is 2.00. The summed E-state index contributed by atoms with van der Waals surface area (Å²) in [6.07, 6.45) is 0.595. The van der Waals surface area contributed by atoms with Crippen molar-refractivity contribution in [1.29, 1.82) is 0 Å². The Bertz CT molecular complexity index is 539. The highest BCUT2D eigenvalue weighted by Crippen LogP contribution is 2.04. The molecule has 0 saturated heterocycles. The van der Waals surface area contributed by atoms with Crippen molar-refractivity contribution < 1.29 is 9.47 Å². The summed E-state index contributed by atoms with van der Waals surface area (Å²) < 4.78 is 11.9. The fraction of sp³-hybridized carbons (Fsp3) is 0.750. The van der Waals surface area contributed by atoms with Crippen LogP contribution < -0.4 is 17.1 Å². The van der Waals surface area contributed by atoms with E-state index in [1.807, 2.05) is 23.8 Å². The van der Waals surface area contributed by atoms with Crippen LogP contribution >= 0.6 is 0 Å². The van der Waals surface area contributed by atoms with Crippen LogP contribution in [0.3, 0.4) is 0 Å². The maximum atomic E-state index is 11.5. The van der Waals surface area contributed by atoms with Gasteiger partial charge in [-0.2, -0.15) is 0 Å². The number of rotatable bonds is 10. The quantitative estimate of drug-likeness (QED) is 0.328. The molecule has 0 amide bonds. The van der Waals surface area contributed by atoms with Crippen molar-refractivity contribution in [3.8, 4) is 0 Å². The lowest BCUT2D eigenvalue weighted by Crippen LogP contribution is -2.43. The third-order valence-electron chi connectivity index (χ3n) is 2.96. The van der Waals surface area contributed by atoms with Gasteiger partial charge in [-0.25, -0.2) is 19.0 Å². The smallest absolute Gasteiger partial charge is 0.333 e. The van der Waals surface area contributed by atoms with E-state index in [9.17, 15) is 14.4 Å². The van der Waals surface area contributed by atoms with Crippen LogP contribution in [0.2, 0.25) is 12.1 Å². The molecule has 21 heavy (non-hydrogen) atoms. The van der Waals surface area contributed by atoms with Crippen LogP contribution in [0.1, 0.15) is 20.3 Å². The van der Waals surface area contributed by atoms with Gasteiger partial charge in [0.15, 0.2) is 6.29 Å². The Morgan fingerprint density at radius 3 is 2.19 bits per heavy atom. The maximum absolute atomic E-state index is 11.5. The molecule has 2 N–H and O–H groups in total. The number of hydrogen-bond acceptors (Lipinski definition) is 5. The second-order valence-corrected chi connectivity index (χ2v) is 6.52. The molecule has 0 aliphatic rings. The first-order valence-electron chi connectivity index (χ1n) is 7.25. The molecule has 120 valence electrons. The van der Waals surface area contributed by atoms with Crippen LogP contribution in [0, 0.1) is 0 Å². The lowest BCUT2D eigenvalue weighted by molar-refractivity contribution is -0.123. The Labute approximate surface area is 124 Å². The van der Waals surface area contributed by atoms with Gasteiger partial charge in [-0.05, 0) is 26.3 Å². The van der Waals surface area contributed by atoms with Crippen molar-refractivity contribution in [1.82, 2.24) is 14.5 Å². The topological polar surface area (TPSA) is 106 Å². The van der Waals surface area contributed by atoms with E-state index in [0.717, 1.165) is 23.1 Å². The maximum Gasteiger partial charge on any atom is 0.333 e. The van der Waals surface area contributed by atoms with E-state index in [4.69, 9.17) is 9.47 Å². The molecule has 1 aromatic rings. The zero-order valence-electron chi connectivity index (χ0n) is 12.5. The largest absolute Gasteiger partial charge is 0.353 e. The molecule has 0 radical (unpaired) electrons. The van der Waals surface area contributed by atoms with Gasteiger partial charge >= 0.3 is 17.1 Å². The summed E-state index contributed by atoms with van der Waals surface area (Å²) in [5.41, 5.74) is -2.09. The summed E-state index contributed by atoms with van der Waals surface area (Å²) in [6, 6.07) is 1.89. The molecule has 1 heterocycles. The van der Waals surface area contributed by atoms with E-state index in [0.29, 0.717) is 19.8 Å². The Morgan fingerprint density at radius 1 is 1.10 bits per heavy atom. The predicted molar refractivity (Wildman–Crippen MR) is 81.8 cm³/mol. The molecule has 0 fully saturated rings. The third-order valence-corrected chi connectivity index (χ3v) is 4.84. The Kier molecular flexibility index (Phi) is 7.94. The van der Waals surface area contributed by atoms with Crippen LogP contribution in [-0.2, 0) is 16.0 Å². The molecular formula is C12H23N3O5Si. The fourth-order valence-corrected chi connectivity index (χ4v) is 3.53. The summed E-state index contributed by atoms with van der Waals surface area (Å²) in [5, 5.41) is 0. The van der Waals surface area contributed by atoms with Gasteiger partial charge in [-0.15, -0.1) is 0 Å². The van der Waals surface area contributed by atoms with Crippen molar-refractivity contribution in [3.63, 3.8) is 0 Å². The lowest BCUT2D eigenvalue weighted by atomic mass is 10.5. The highest BCUT2D eigenvalue weighted by molar-refractivity contribution is 6.35. The minimum Gasteiger partial charge on any atom is -0.353 e. The van der Waals surface area contributed by atoms with Crippen molar-refractivity contribution in [2.24, 2.45) is 0 Å². The minimum absolute atomic E-state index is 0.133. The number of nitrogens with one attached hydrogen (secondary N) is 2. The van der Waals surface area contributed by atoms with E-state index >= 15 is 0 Å². The highest BCUT2D eigenvalue weighted by atomic mass is 28.2. The first-order valence-corrected chi connectivity index (χ1v) is 9.25. The SMILES string of the molecule is CCOC(C[SiH2]CCCn1c(=O)[nH]c(=O)[nH]c1=O)OCC. The molecule has 0 bridgehead atoms. The highest BCUT2D eigenvalue weighted by Gasteiger charge is 2.08. The Hall–Kier alpha value is -1.45. The van der Waals surface area contributed by atoms with Crippen LogP contribution in [0.5, 0.6) is 0 Å². The van der Waals surface area contributed by atoms with Gasteiger partial charge in [0.1, 0.15) is 0 Å². The van der Waals surface area contributed by atoms with Gasteiger partial charge in [-0.3, -0.25) is 9.97 Å². The molecule has 0 aliphatic carbocycles. The number of aromatic amines is 2. The molecule has 0 spiro atoms. The first kappa shape index (κ1) is 17.6. The predicted octanol–water partition coefficient (Wildman–Crippen LogP) is -0.980. The van der Waals surface area contributed by atoms with Gasteiger partial charge in [0, 0.05) is 29.3 Å². The van der Waals surface area contributed by atoms with Crippen molar-refractivity contribution in [3.05, 3.63) is 31.5 Å². The molecule has 0 atom stereocenters. The molecule has 0 saturated carbocycles. The molecule has 1 aromatic heterocycles. The zero-order valence-corrected chi connectivity index (χ0v) is 13.9. The normalized spacial score (nSPS) is 11.8. The molecule has 9 heteroatoms. The van der Waals surface area contributed by atoms with Gasteiger partial charge in [0.25, 0.3) is 0 Å². The van der Waals surface area contributed by atoms with E-state index in [1.165, 1.54) is 0 Å². The third kappa shape index (κ3) is 6.23. The van der Waals surface area contributed by atoms with Crippen LogP contribution in [0.4, 0.5) is 0 Å². The molecule has 1 rings (SSSR count). The number of nitrogens with zero attached hydrogens (tertiary/aromatic N) is 1. The van der Waals surface area contributed by atoms with Crippen LogP contribution in [-0.4, -0.2) is 43.6 Å². The van der Waals surface area contributed by atoms with Gasteiger partial charge < -0.3 is 9.47 Å². The van der Waals surface area contributed by atoms with Gasteiger partial charge in [-0.1, -0.05) is 6.04 Å². The summed E-state index contributed by atoms with van der Waals surface area (Å²) in [5.74, 6) is 0. The molecule has 8 nitrogen and oxygen atoms in total. The summed E-state index contributed by atoms with van der Waals surface area (Å²) in [7, 11) is -0.375. The molecule has 0 aromatic carbocycles. The standard InChI is InChI=1S/C12H23N3O5Si/c1-3-19-9(20-4-2)8-21-7-5-6-15-11(17)13-10(16)14-12(15)18/h9H,3-8,21H2,1-2H3,(H2,13,14,16,17,18). The van der Waals surface area contributed by atoms with E-state index < -0.39 is 17.1 Å². The van der Waals surface area contributed by atoms with E-state index in [1.54, 1.807) is 0 Å². The number of ether oxygens (including phenoxy) is 2. The van der Waals surface area contributed by atoms with Crippen molar-refractivity contribution in [2.45, 2.75) is 45.2 Å². The van der Waals surface area contributed by atoms with Crippen LogP contribution in [0.25, 0.3) is 0 Å². The average molecular weight is 317 g/mol. The average Bonchev–Trinajstić information content (AvgIpc) is 2.41. The summed E-state index contributed by atoms with van der Waals surface area (Å²) in [6.45, 7) is 5.43.